The number of carbonyl (C=O) groups excluding carboxylic acids is 1. The molecule has 0 aliphatic rings. The van der Waals surface area contributed by atoms with Crippen LogP contribution in [0.4, 0.5) is 5.69 Å². The molecule has 2 unspecified atom stereocenters. The van der Waals surface area contributed by atoms with Crippen molar-refractivity contribution < 1.29 is 9.90 Å². The molecule has 3 nitrogen and oxygen atoms in total. The largest absolute Gasteiger partial charge is 0.392 e. The first-order valence-corrected chi connectivity index (χ1v) is 6.16. The first-order valence-electron chi connectivity index (χ1n) is 6.16. The maximum Gasteiger partial charge on any atom is 0.232 e. The molecule has 0 aliphatic carbocycles. The van der Waals surface area contributed by atoms with E-state index in [-0.39, 0.29) is 11.8 Å². The monoisotopic (exact) mass is 235 g/mol. The lowest BCUT2D eigenvalue weighted by atomic mass is 10.0. The van der Waals surface area contributed by atoms with E-state index < -0.39 is 6.10 Å². The Kier molecular flexibility index (Phi) is 5.16. The summed E-state index contributed by atoms with van der Waals surface area (Å²) in [7, 11) is 0. The molecule has 1 rings (SSSR count). The number of anilines is 1. The SMILES string of the molecule is CCC(O)C(C)C(=O)N(CC)c1ccccc1. The third-order valence-corrected chi connectivity index (χ3v) is 3.04. The number of aliphatic hydroxyl groups excluding tert-OH is 1. The van der Waals surface area contributed by atoms with E-state index in [4.69, 9.17) is 0 Å². The molecule has 0 radical (unpaired) electrons. The van der Waals surface area contributed by atoms with Gasteiger partial charge in [0.05, 0.1) is 12.0 Å². The Morgan fingerprint density at radius 3 is 2.35 bits per heavy atom. The number of benzene rings is 1. The van der Waals surface area contributed by atoms with Gasteiger partial charge in [0.15, 0.2) is 0 Å². The van der Waals surface area contributed by atoms with Gasteiger partial charge in [-0.1, -0.05) is 32.0 Å². The summed E-state index contributed by atoms with van der Waals surface area (Å²) >= 11 is 0. The number of nitrogens with zero attached hydrogens (tertiary/aromatic N) is 1. The topological polar surface area (TPSA) is 40.5 Å². The Morgan fingerprint density at radius 2 is 1.88 bits per heavy atom. The molecule has 0 fully saturated rings. The molecule has 0 heterocycles. The summed E-state index contributed by atoms with van der Waals surface area (Å²) in [5, 5.41) is 9.74. The summed E-state index contributed by atoms with van der Waals surface area (Å²) in [4.78, 5) is 14.0. The number of hydrogen-bond acceptors (Lipinski definition) is 2. The molecule has 94 valence electrons. The zero-order valence-electron chi connectivity index (χ0n) is 10.8. The van der Waals surface area contributed by atoms with Crippen LogP contribution in [-0.2, 0) is 4.79 Å². The Morgan fingerprint density at radius 1 is 1.29 bits per heavy atom. The van der Waals surface area contributed by atoms with E-state index >= 15 is 0 Å². The third kappa shape index (κ3) is 3.30. The summed E-state index contributed by atoms with van der Waals surface area (Å²) in [5.41, 5.74) is 0.884. The number of carbonyl (C=O) groups is 1. The van der Waals surface area contributed by atoms with Gasteiger partial charge < -0.3 is 10.0 Å². The lowest BCUT2D eigenvalue weighted by molar-refractivity contribution is -0.125. The minimum atomic E-state index is -0.569. The van der Waals surface area contributed by atoms with E-state index in [1.165, 1.54) is 0 Å². The average Bonchev–Trinajstić information content (AvgIpc) is 2.38. The maximum atomic E-state index is 12.2. The van der Waals surface area contributed by atoms with E-state index in [1.54, 1.807) is 11.8 Å². The molecule has 1 aromatic carbocycles. The molecule has 1 aromatic rings. The van der Waals surface area contributed by atoms with Gasteiger partial charge in [-0.15, -0.1) is 0 Å². The van der Waals surface area contributed by atoms with Gasteiger partial charge in [0.25, 0.3) is 0 Å². The molecule has 0 spiro atoms. The lowest BCUT2D eigenvalue weighted by Gasteiger charge is -2.26. The predicted octanol–water partition coefficient (Wildman–Crippen LogP) is 2.45. The fraction of sp³-hybridized carbons (Fsp3) is 0.500. The van der Waals surface area contributed by atoms with Crippen molar-refractivity contribution in [2.24, 2.45) is 5.92 Å². The predicted molar refractivity (Wildman–Crippen MR) is 69.9 cm³/mol. The van der Waals surface area contributed by atoms with E-state index in [1.807, 2.05) is 44.2 Å². The van der Waals surface area contributed by atoms with Gasteiger partial charge in [-0.25, -0.2) is 0 Å². The van der Waals surface area contributed by atoms with Gasteiger partial charge in [0.1, 0.15) is 0 Å². The Hall–Kier alpha value is -1.35. The van der Waals surface area contributed by atoms with Gasteiger partial charge in [-0.3, -0.25) is 4.79 Å². The molecule has 17 heavy (non-hydrogen) atoms. The third-order valence-electron chi connectivity index (χ3n) is 3.04. The highest BCUT2D eigenvalue weighted by Crippen LogP contribution is 2.18. The molecule has 0 aliphatic heterocycles. The highest BCUT2D eigenvalue weighted by atomic mass is 16.3. The van der Waals surface area contributed by atoms with E-state index in [9.17, 15) is 9.90 Å². The smallest absolute Gasteiger partial charge is 0.232 e. The van der Waals surface area contributed by atoms with Crippen molar-refractivity contribution in [3.8, 4) is 0 Å². The Balaban J connectivity index is 2.85. The first-order chi connectivity index (χ1) is 8.11. The summed E-state index contributed by atoms with van der Waals surface area (Å²) in [6.07, 6.45) is 0.0273. The zero-order valence-corrected chi connectivity index (χ0v) is 10.8. The van der Waals surface area contributed by atoms with Crippen LogP contribution in [0.2, 0.25) is 0 Å². The van der Waals surface area contributed by atoms with Crippen molar-refractivity contribution in [2.75, 3.05) is 11.4 Å². The normalized spacial score (nSPS) is 14.1. The Bertz CT molecular complexity index is 350. The number of aliphatic hydroxyl groups is 1. The second kappa shape index (κ2) is 6.40. The van der Waals surface area contributed by atoms with Gasteiger partial charge in [0, 0.05) is 12.2 Å². The summed E-state index contributed by atoms with van der Waals surface area (Å²) in [5.74, 6) is -0.381. The van der Waals surface area contributed by atoms with Crippen molar-refractivity contribution >= 4 is 11.6 Å². The van der Waals surface area contributed by atoms with Crippen molar-refractivity contribution in [1.82, 2.24) is 0 Å². The average molecular weight is 235 g/mol. The van der Waals surface area contributed by atoms with E-state index in [2.05, 4.69) is 0 Å². The van der Waals surface area contributed by atoms with E-state index in [0.29, 0.717) is 13.0 Å². The fourth-order valence-corrected chi connectivity index (χ4v) is 1.84. The molecule has 0 aromatic heterocycles. The molecule has 1 amide bonds. The molecule has 0 bridgehead atoms. The van der Waals surface area contributed by atoms with Crippen LogP contribution in [0.5, 0.6) is 0 Å². The number of rotatable bonds is 5. The summed E-state index contributed by atoms with van der Waals surface area (Å²) in [6.45, 7) is 6.22. The fourth-order valence-electron chi connectivity index (χ4n) is 1.84. The highest BCUT2D eigenvalue weighted by molar-refractivity contribution is 5.95. The first kappa shape index (κ1) is 13.7. The van der Waals surface area contributed by atoms with Crippen LogP contribution in [0.1, 0.15) is 27.2 Å². The number of amides is 1. The van der Waals surface area contributed by atoms with Gasteiger partial charge in [-0.2, -0.15) is 0 Å². The molecule has 0 saturated heterocycles. The van der Waals surface area contributed by atoms with Crippen LogP contribution in [0.15, 0.2) is 30.3 Å². The Labute approximate surface area is 103 Å². The number of hydrogen-bond donors (Lipinski definition) is 1. The standard InChI is InChI=1S/C14H21NO2/c1-4-13(16)11(3)14(17)15(5-2)12-9-7-6-8-10-12/h6-11,13,16H,4-5H2,1-3H3. The summed E-state index contributed by atoms with van der Waals surface area (Å²) < 4.78 is 0. The minimum Gasteiger partial charge on any atom is -0.392 e. The number of para-hydroxylation sites is 1. The van der Waals surface area contributed by atoms with Crippen LogP contribution < -0.4 is 4.90 Å². The van der Waals surface area contributed by atoms with Crippen molar-refractivity contribution in [1.29, 1.82) is 0 Å². The molecular formula is C14H21NO2. The van der Waals surface area contributed by atoms with Crippen LogP contribution in [0.3, 0.4) is 0 Å². The second-order valence-electron chi connectivity index (χ2n) is 4.18. The van der Waals surface area contributed by atoms with Gasteiger partial charge >= 0.3 is 0 Å². The van der Waals surface area contributed by atoms with Crippen molar-refractivity contribution in [2.45, 2.75) is 33.3 Å². The highest BCUT2D eigenvalue weighted by Gasteiger charge is 2.25. The second-order valence-corrected chi connectivity index (χ2v) is 4.18. The lowest BCUT2D eigenvalue weighted by Crippen LogP contribution is -2.39. The quantitative estimate of drug-likeness (QED) is 0.851. The van der Waals surface area contributed by atoms with Crippen molar-refractivity contribution in [3.05, 3.63) is 30.3 Å². The maximum absolute atomic E-state index is 12.2. The van der Waals surface area contributed by atoms with Crippen LogP contribution in [0.25, 0.3) is 0 Å². The van der Waals surface area contributed by atoms with Crippen LogP contribution in [0, 0.1) is 5.92 Å². The molecule has 1 N–H and O–H groups in total. The van der Waals surface area contributed by atoms with Crippen LogP contribution in [-0.4, -0.2) is 23.7 Å². The molecule has 3 heteroatoms. The molecular weight excluding hydrogens is 214 g/mol. The van der Waals surface area contributed by atoms with E-state index in [0.717, 1.165) is 5.69 Å². The van der Waals surface area contributed by atoms with Crippen molar-refractivity contribution in [3.63, 3.8) is 0 Å². The summed E-state index contributed by atoms with van der Waals surface area (Å²) in [6, 6.07) is 9.56. The molecule has 0 saturated carbocycles. The molecule has 2 atom stereocenters. The van der Waals surface area contributed by atoms with Gasteiger partial charge in [-0.05, 0) is 25.5 Å². The minimum absolute atomic E-state index is 0.0203. The van der Waals surface area contributed by atoms with Gasteiger partial charge in [0.2, 0.25) is 5.91 Å². The zero-order chi connectivity index (χ0) is 12.8. The van der Waals surface area contributed by atoms with Crippen LogP contribution >= 0.6 is 0 Å².